The Morgan fingerprint density at radius 1 is 1.05 bits per heavy atom. The van der Waals surface area contributed by atoms with Crippen LogP contribution in [0.2, 0.25) is 0 Å². The summed E-state index contributed by atoms with van der Waals surface area (Å²) >= 11 is 0. The molecule has 1 aliphatic rings. The molecule has 118 valence electrons. The maximum Gasteiger partial charge on any atom is 0.161 e. The van der Waals surface area contributed by atoms with Gasteiger partial charge in [0.15, 0.2) is 11.5 Å². The van der Waals surface area contributed by atoms with Gasteiger partial charge in [0.25, 0.3) is 0 Å². The van der Waals surface area contributed by atoms with Crippen LogP contribution in [0.5, 0.6) is 11.5 Å². The number of halogens is 1. The van der Waals surface area contributed by atoms with Gasteiger partial charge in [0.2, 0.25) is 0 Å². The van der Waals surface area contributed by atoms with Crippen LogP contribution in [0, 0.1) is 0 Å². The number of aryl methyl sites for hydroxylation is 1. The predicted molar refractivity (Wildman–Crippen MR) is 91.1 cm³/mol. The summed E-state index contributed by atoms with van der Waals surface area (Å²) in [6.45, 7) is 0.888. The molecule has 0 heterocycles. The van der Waals surface area contributed by atoms with Gasteiger partial charge in [-0.05, 0) is 41.7 Å². The number of ether oxygens (including phenoxy) is 2. The minimum Gasteiger partial charge on any atom is -0.493 e. The predicted octanol–water partition coefficient (Wildman–Crippen LogP) is 3.90. The molecule has 0 amide bonds. The smallest absolute Gasteiger partial charge is 0.161 e. The maximum atomic E-state index is 5.42. The summed E-state index contributed by atoms with van der Waals surface area (Å²) in [5, 5.41) is 3.65. The number of nitrogens with one attached hydrogen (secondary N) is 1. The van der Waals surface area contributed by atoms with E-state index in [2.05, 4.69) is 41.7 Å². The van der Waals surface area contributed by atoms with Crippen LogP contribution < -0.4 is 14.8 Å². The van der Waals surface area contributed by atoms with E-state index in [0.717, 1.165) is 30.9 Å². The van der Waals surface area contributed by atoms with Crippen molar-refractivity contribution in [2.24, 2.45) is 0 Å². The molecular formula is C18H22ClNO2. The lowest BCUT2D eigenvalue weighted by molar-refractivity contribution is 0.354. The summed E-state index contributed by atoms with van der Waals surface area (Å²) in [5.41, 5.74) is 4.01. The fourth-order valence-electron chi connectivity index (χ4n) is 2.98. The van der Waals surface area contributed by atoms with Crippen LogP contribution in [0.3, 0.4) is 0 Å². The molecule has 1 N–H and O–H groups in total. The third kappa shape index (κ3) is 3.37. The van der Waals surface area contributed by atoms with Gasteiger partial charge in [-0.25, -0.2) is 0 Å². The van der Waals surface area contributed by atoms with Gasteiger partial charge in [-0.1, -0.05) is 30.3 Å². The first-order chi connectivity index (χ1) is 10.3. The van der Waals surface area contributed by atoms with Crippen LogP contribution in [0.25, 0.3) is 0 Å². The Bertz CT molecular complexity index is 616. The number of fused-ring (bicyclic) bond motifs is 1. The fourth-order valence-corrected chi connectivity index (χ4v) is 2.98. The van der Waals surface area contributed by atoms with Crippen LogP contribution in [0.1, 0.15) is 29.2 Å². The average Bonchev–Trinajstić information content (AvgIpc) is 2.94. The molecule has 0 aromatic heterocycles. The second-order valence-corrected chi connectivity index (χ2v) is 5.36. The first kappa shape index (κ1) is 16.7. The van der Waals surface area contributed by atoms with Gasteiger partial charge >= 0.3 is 0 Å². The topological polar surface area (TPSA) is 30.5 Å². The highest BCUT2D eigenvalue weighted by Gasteiger charge is 2.24. The Morgan fingerprint density at radius 2 is 1.73 bits per heavy atom. The number of hydrogen-bond acceptors (Lipinski definition) is 3. The van der Waals surface area contributed by atoms with E-state index in [9.17, 15) is 0 Å². The molecule has 3 nitrogen and oxygen atoms in total. The molecule has 2 aromatic rings. The summed E-state index contributed by atoms with van der Waals surface area (Å²) in [6, 6.07) is 15.1. The Kier molecular flexibility index (Phi) is 5.69. The molecule has 22 heavy (non-hydrogen) atoms. The molecule has 0 aliphatic heterocycles. The van der Waals surface area contributed by atoms with E-state index >= 15 is 0 Å². The van der Waals surface area contributed by atoms with E-state index in [1.807, 2.05) is 6.07 Å². The normalized spacial score (nSPS) is 15.8. The van der Waals surface area contributed by atoms with Crippen LogP contribution in [0.15, 0.2) is 42.5 Å². The summed E-state index contributed by atoms with van der Waals surface area (Å²) in [5.74, 6) is 1.63. The third-order valence-electron chi connectivity index (χ3n) is 4.12. The highest BCUT2D eigenvalue weighted by atomic mass is 35.5. The molecule has 0 bridgehead atoms. The molecule has 1 atom stereocenters. The molecule has 0 saturated carbocycles. The molecule has 1 aliphatic carbocycles. The lowest BCUT2D eigenvalue weighted by Gasteiger charge is -2.16. The Labute approximate surface area is 138 Å². The van der Waals surface area contributed by atoms with Gasteiger partial charge in [0.05, 0.1) is 14.2 Å². The Hall–Kier alpha value is -1.71. The van der Waals surface area contributed by atoms with E-state index in [0.29, 0.717) is 6.04 Å². The molecule has 0 saturated heterocycles. The van der Waals surface area contributed by atoms with Gasteiger partial charge in [0, 0.05) is 12.6 Å². The zero-order valence-electron chi connectivity index (χ0n) is 13.0. The minimum atomic E-state index is 0. The van der Waals surface area contributed by atoms with Gasteiger partial charge < -0.3 is 14.8 Å². The van der Waals surface area contributed by atoms with Gasteiger partial charge in [-0.15, -0.1) is 12.4 Å². The van der Waals surface area contributed by atoms with Crippen LogP contribution >= 0.6 is 12.4 Å². The van der Waals surface area contributed by atoms with E-state index in [1.165, 1.54) is 16.7 Å². The quantitative estimate of drug-likeness (QED) is 0.906. The van der Waals surface area contributed by atoms with Crippen molar-refractivity contribution in [1.29, 1.82) is 0 Å². The van der Waals surface area contributed by atoms with E-state index < -0.39 is 0 Å². The monoisotopic (exact) mass is 319 g/mol. The van der Waals surface area contributed by atoms with E-state index in [1.54, 1.807) is 14.2 Å². The molecule has 2 aromatic carbocycles. The number of benzene rings is 2. The third-order valence-corrected chi connectivity index (χ3v) is 4.12. The molecule has 1 unspecified atom stereocenters. The lowest BCUT2D eigenvalue weighted by atomic mass is 10.1. The van der Waals surface area contributed by atoms with E-state index in [-0.39, 0.29) is 12.4 Å². The molecule has 0 radical (unpaired) electrons. The van der Waals surface area contributed by atoms with Crippen molar-refractivity contribution in [3.8, 4) is 11.5 Å². The molecule has 3 rings (SSSR count). The number of hydrogen-bond donors (Lipinski definition) is 1. The van der Waals surface area contributed by atoms with Gasteiger partial charge in [-0.3, -0.25) is 0 Å². The summed E-state index contributed by atoms with van der Waals surface area (Å²) in [6.07, 6.45) is 2.21. The lowest BCUT2D eigenvalue weighted by Crippen LogP contribution is -2.18. The minimum absolute atomic E-state index is 0. The van der Waals surface area contributed by atoms with Crippen molar-refractivity contribution in [2.75, 3.05) is 14.2 Å². The standard InChI is InChI=1S/C18H21NO2.ClH/c1-20-17-10-14-8-9-16(15(14)11-18(17)21-2)19-12-13-6-4-3-5-7-13;/h3-7,10-11,16,19H,8-9,12H2,1-2H3;1H. The molecule has 4 heteroatoms. The number of methoxy groups -OCH3 is 2. The van der Waals surface area contributed by atoms with Gasteiger partial charge in [-0.2, -0.15) is 0 Å². The van der Waals surface area contributed by atoms with Crippen molar-refractivity contribution < 1.29 is 9.47 Å². The number of rotatable bonds is 5. The maximum absolute atomic E-state index is 5.42. The SMILES string of the molecule is COc1cc2c(cc1OC)C(NCc1ccccc1)CC2.Cl. The first-order valence-corrected chi connectivity index (χ1v) is 7.34. The van der Waals surface area contributed by atoms with Crippen molar-refractivity contribution >= 4 is 12.4 Å². The second-order valence-electron chi connectivity index (χ2n) is 5.36. The average molecular weight is 320 g/mol. The summed E-state index contributed by atoms with van der Waals surface area (Å²) < 4.78 is 10.8. The molecular weight excluding hydrogens is 298 g/mol. The van der Waals surface area contributed by atoms with Crippen molar-refractivity contribution in [3.63, 3.8) is 0 Å². The van der Waals surface area contributed by atoms with Crippen LogP contribution in [0.4, 0.5) is 0 Å². The zero-order chi connectivity index (χ0) is 14.7. The molecule has 0 fully saturated rings. The second kappa shape index (κ2) is 7.52. The zero-order valence-corrected chi connectivity index (χ0v) is 13.8. The van der Waals surface area contributed by atoms with Crippen LogP contribution in [-0.4, -0.2) is 14.2 Å². The van der Waals surface area contributed by atoms with E-state index in [4.69, 9.17) is 9.47 Å². The fraction of sp³-hybridized carbons (Fsp3) is 0.333. The summed E-state index contributed by atoms with van der Waals surface area (Å²) in [4.78, 5) is 0. The van der Waals surface area contributed by atoms with Gasteiger partial charge in [0.1, 0.15) is 0 Å². The van der Waals surface area contributed by atoms with Crippen LogP contribution in [-0.2, 0) is 13.0 Å². The Balaban J connectivity index is 0.00000176. The highest BCUT2D eigenvalue weighted by molar-refractivity contribution is 5.85. The first-order valence-electron chi connectivity index (χ1n) is 7.34. The largest absolute Gasteiger partial charge is 0.493 e. The van der Waals surface area contributed by atoms with Crippen molar-refractivity contribution in [1.82, 2.24) is 5.32 Å². The highest BCUT2D eigenvalue weighted by Crippen LogP contribution is 2.39. The summed E-state index contributed by atoms with van der Waals surface area (Å²) in [7, 11) is 3.37. The van der Waals surface area contributed by atoms with Crippen molar-refractivity contribution in [2.45, 2.75) is 25.4 Å². The Morgan fingerprint density at radius 3 is 2.41 bits per heavy atom. The molecule has 0 spiro atoms. The van der Waals surface area contributed by atoms with Crippen molar-refractivity contribution in [3.05, 3.63) is 59.2 Å².